The summed E-state index contributed by atoms with van der Waals surface area (Å²) in [5, 5.41) is 3.51. The van der Waals surface area contributed by atoms with Gasteiger partial charge in [0.15, 0.2) is 0 Å². The van der Waals surface area contributed by atoms with Crippen LogP contribution in [0.25, 0.3) is 11.0 Å². The van der Waals surface area contributed by atoms with Crippen molar-refractivity contribution < 1.29 is 18.5 Å². The number of aromatic nitrogens is 2. The van der Waals surface area contributed by atoms with Gasteiger partial charge in [-0.25, -0.2) is 13.8 Å². The van der Waals surface area contributed by atoms with Crippen LogP contribution in [0.5, 0.6) is 0 Å². The van der Waals surface area contributed by atoms with Crippen molar-refractivity contribution in [3.05, 3.63) is 65.0 Å². The predicted molar refractivity (Wildman–Crippen MR) is 95.2 cm³/mol. The van der Waals surface area contributed by atoms with E-state index in [1.165, 1.54) is 12.1 Å². The summed E-state index contributed by atoms with van der Waals surface area (Å²) < 4.78 is 29.8. The number of fused-ring (bicyclic) bond motifs is 1. The molecule has 0 spiro atoms. The molecule has 0 radical (unpaired) electrons. The minimum atomic E-state index is -0.687. The number of rotatable bonds is 7. The van der Waals surface area contributed by atoms with Crippen molar-refractivity contribution in [1.82, 2.24) is 9.71 Å². The summed E-state index contributed by atoms with van der Waals surface area (Å²) in [5.41, 5.74) is 1.96. The number of hydrogen-bond donors (Lipinski definition) is 0. The van der Waals surface area contributed by atoms with Crippen LogP contribution in [0, 0.1) is 18.6 Å². The quantitative estimate of drug-likeness (QED) is 0.478. The van der Waals surface area contributed by atoms with Gasteiger partial charge in [-0.15, -0.1) is 0 Å². The smallest absolute Gasteiger partial charge is 0.143 e. The third kappa shape index (κ3) is 3.82. The van der Waals surface area contributed by atoms with Gasteiger partial charge >= 0.3 is 0 Å². The number of para-hydroxylation sites is 2. The summed E-state index contributed by atoms with van der Waals surface area (Å²) in [7, 11) is 0. The van der Waals surface area contributed by atoms with Crippen LogP contribution in [0.3, 0.4) is 0 Å². The zero-order valence-corrected chi connectivity index (χ0v) is 14.6. The van der Waals surface area contributed by atoms with Crippen LogP contribution in [0.4, 0.5) is 8.78 Å². The fourth-order valence-electron chi connectivity index (χ4n) is 2.61. The summed E-state index contributed by atoms with van der Waals surface area (Å²) >= 11 is 0. The number of benzene rings is 2. The highest BCUT2D eigenvalue weighted by Crippen LogP contribution is 2.16. The second-order valence-corrected chi connectivity index (χ2v) is 5.65. The Kier molecular flexibility index (Phi) is 5.46. The van der Waals surface area contributed by atoms with E-state index in [0.717, 1.165) is 17.2 Å². The Morgan fingerprint density at radius 3 is 2.65 bits per heavy atom. The second kappa shape index (κ2) is 7.95. The Bertz CT molecular complexity index is 915. The van der Waals surface area contributed by atoms with E-state index >= 15 is 0 Å². The zero-order valence-electron chi connectivity index (χ0n) is 14.6. The number of nitrogens with zero attached hydrogens (tertiary/aromatic N) is 3. The standard InChI is InChI=1S/C19H19F2N3O2/c1-3-25-22-12-15-16(20)10-14(11-17(15)21)8-9-26-24-13(2)23-18-6-4-5-7-19(18)24/h4-7,10-12H,3,8-9H2,1-2H3. The molecule has 3 rings (SSSR count). The molecule has 0 unspecified atom stereocenters. The number of oxime groups is 1. The molecule has 0 fully saturated rings. The van der Waals surface area contributed by atoms with E-state index in [-0.39, 0.29) is 12.2 Å². The van der Waals surface area contributed by atoms with Crippen molar-refractivity contribution in [2.45, 2.75) is 20.3 Å². The fraction of sp³-hybridized carbons (Fsp3) is 0.263. The van der Waals surface area contributed by atoms with E-state index in [1.54, 1.807) is 11.7 Å². The molecular weight excluding hydrogens is 340 g/mol. The monoisotopic (exact) mass is 359 g/mol. The molecule has 0 aliphatic carbocycles. The van der Waals surface area contributed by atoms with Crippen LogP contribution < -0.4 is 4.84 Å². The Hall–Kier alpha value is -2.96. The zero-order chi connectivity index (χ0) is 18.5. The third-order valence-corrected chi connectivity index (χ3v) is 3.81. The maximum absolute atomic E-state index is 14.1. The summed E-state index contributed by atoms with van der Waals surface area (Å²) in [6.45, 7) is 4.16. The van der Waals surface area contributed by atoms with Gasteiger partial charge in [-0.05, 0) is 43.7 Å². The third-order valence-electron chi connectivity index (χ3n) is 3.81. The molecule has 0 bridgehead atoms. The van der Waals surface area contributed by atoms with Gasteiger partial charge in [0.05, 0.1) is 17.3 Å². The van der Waals surface area contributed by atoms with Crippen LogP contribution in [0.1, 0.15) is 23.9 Å². The average molecular weight is 359 g/mol. The Morgan fingerprint density at radius 2 is 1.92 bits per heavy atom. The van der Waals surface area contributed by atoms with E-state index in [0.29, 0.717) is 24.4 Å². The predicted octanol–water partition coefficient (Wildman–Crippen LogP) is 3.66. The van der Waals surface area contributed by atoms with Gasteiger partial charge in [-0.3, -0.25) is 0 Å². The lowest BCUT2D eigenvalue weighted by molar-refractivity contribution is 0.116. The van der Waals surface area contributed by atoms with Crippen LogP contribution in [0.15, 0.2) is 41.6 Å². The number of aryl methyl sites for hydroxylation is 1. The Morgan fingerprint density at radius 1 is 1.19 bits per heavy atom. The van der Waals surface area contributed by atoms with Crippen molar-refractivity contribution in [2.75, 3.05) is 13.2 Å². The lowest BCUT2D eigenvalue weighted by Crippen LogP contribution is -2.16. The molecule has 0 amide bonds. The molecule has 1 aromatic heterocycles. The Labute approximate surface area is 149 Å². The molecule has 26 heavy (non-hydrogen) atoms. The van der Waals surface area contributed by atoms with Crippen molar-refractivity contribution in [3.63, 3.8) is 0 Å². The van der Waals surface area contributed by atoms with Gasteiger partial charge in [-0.2, -0.15) is 4.73 Å². The lowest BCUT2D eigenvalue weighted by atomic mass is 10.1. The SMILES string of the molecule is CCON=Cc1c(F)cc(CCOn2c(C)nc3ccccc32)cc1F. The second-order valence-electron chi connectivity index (χ2n) is 5.65. The topological polar surface area (TPSA) is 48.6 Å². The van der Waals surface area contributed by atoms with Gasteiger partial charge in [0.25, 0.3) is 0 Å². The molecule has 2 aromatic carbocycles. The summed E-state index contributed by atoms with van der Waals surface area (Å²) in [6.07, 6.45) is 1.39. The molecule has 0 saturated heterocycles. The molecule has 0 atom stereocenters. The molecule has 0 aliphatic rings. The van der Waals surface area contributed by atoms with E-state index in [4.69, 9.17) is 9.68 Å². The number of hydrogen-bond acceptors (Lipinski definition) is 4. The molecule has 0 N–H and O–H groups in total. The summed E-state index contributed by atoms with van der Waals surface area (Å²) in [6, 6.07) is 10.2. The summed E-state index contributed by atoms with van der Waals surface area (Å²) in [5.74, 6) is -0.661. The summed E-state index contributed by atoms with van der Waals surface area (Å²) in [4.78, 5) is 14.9. The molecule has 1 heterocycles. The minimum Gasteiger partial charge on any atom is -0.412 e. The van der Waals surface area contributed by atoms with Gasteiger partial charge in [0.2, 0.25) is 0 Å². The molecule has 3 aromatic rings. The molecular formula is C19H19F2N3O2. The molecule has 0 aliphatic heterocycles. The van der Waals surface area contributed by atoms with E-state index in [2.05, 4.69) is 10.1 Å². The lowest BCUT2D eigenvalue weighted by Gasteiger charge is -2.10. The fourth-order valence-corrected chi connectivity index (χ4v) is 2.61. The van der Waals surface area contributed by atoms with E-state index in [9.17, 15) is 8.78 Å². The number of halogens is 2. The van der Waals surface area contributed by atoms with Gasteiger partial charge in [0, 0.05) is 6.42 Å². The van der Waals surface area contributed by atoms with Crippen LogP contribution in [-0.4, -0.2) is 29.1 Å². The highest BCUT2D eigenvalue weighted by atomic mass is 19.1. The maximum Gasteiger partial charge on any atom is 0.143 e. The molecule has 0 saturated carbocycles. The first-order valence-electron chi connectivity index (χ1n) is 8.30. The van der Waals surface area contributed by atoms with Gasteiger partial charge in [-0.1, -0.05) is 17.3 Å². The first kappa shape index (κ1) is 17.8. The van der Waals surface area contributed by atoms with Gasteiger partial charge < -0.3 is 9.68 Å². The number of imidazole rings is 1. The first-order valence-corrected chi connectivity index (χ1v) is 8.30. The van der Waals surface area contributed by atoms with Crippen LogP contribution in [-0.2, 0) is 11.3 Å². The first-order chi connectivity index (χ1) is 12.6. The highest BCUT2D eigenvalue weighted by molar-refractivity contribution is 5.80. The normalized spacial score (nSPS) is 11.4. The highest BCUT2D eigenvalue weighted by Gasteiger charge is 2.11. The van der Waals surface area contributed by atoms with Gasteiger partial charge in [0.1, 0.15) is 36.2 Å². The average Bonchev–Trinajstić information content (AvgIpc) is 2.93. The van der Waals surface area contributed by atoms with Crippen LogP contribution in [0.2, 0.25) is 0 Å². The molecule has 5 nitrogen and oxygen atoms in total. The van der Waals surface area contributed by atoms with Crippen LogP contribution >= 0.6 is 0 Å². The Balaban J connectivity index is 1.69. The molecule has 7 heteroatoms. The van der Waals surface area contributed by atoms with E-state index in [1.807, 2.05) is 31.2 Å². The maximum atomic E-state index is 14.1. The minimum absolute atomic E-state index is 0.223. The van der Waals surface area contributed by atoms with Crippen molar-refractivity contribution in [2.24, 2.45) is 5.16 Å². The van der Waals surface area contributed by atoms with E-state index < -0.39 is 11.6 Å². The van der Waals surface area contributed by atoms with Crippen molar-refractivity contribution in [1.29, 1.82) is 0 Å². The largest absolute Gasteiger partial charge is 0.412 e. The van der Waals surface area contributed by atoms with Crippen molar-refractivity contribution >= 4 is 17.2 Å². The molecule has 136 valence electrons. The van der Waals surface area contributed by atoms with Crippen molar-refractivity contribution in [3.8, 4) is 0 Å².